The summed E-state index contributed by atoms with van der Waals surface area (Å²) in [7, 11) is 0. The number of benzene rings is 1. The molecule has 0 aliphatic rings. The van der Waals surface area contributed by atoms with Crippen molar-refractivity contribution in [3.63, 3.8) is 0 Å². The van der Waals surface area contributed by atoms with Gasteiger partial charge in [-0.3, -0.25) is 0 Å². The SMILES string of the molecule is Cc1ncc(C(C)NCC(C)(O)c2ccccc2)s1. The minimum absolute atomic E-state index is 0.196. The van der Waals surface area contributed by atoms with Gasteiger partial charge in [0.1, 0.15) is 0 Å². The molecule has 2 aromatic rings. The Morgan fingerprint density at radius 1 is 1.37 bits per heavy atom. The van der Waals surface area contributed by atoms with Crippen LogP contribution in [0.25, 0.3) is 0 Å². The standard InChI is InChI=1S/C15H20N2OS/c1-11(14-9-16-12(2)19-14)17-10-15(3,18)13-7-5-4-6-8-13/h4-9,11,17-18H,10H2,1-3H3. The summed E-state index contributed by atoms with van der Waals surface area (Å²) in [6.07, 6.45) is 1.90. The molecule has 0 radical (unpaired) electrons. The second-order valence-corrected chi connectivity index (χ2v) is 6.29. The Morgan fingerprint density at radius 3 is 2.63 bits per heavy atom. The maximum atomic E-state index is 10.5. The van der Waals surface area contributed by atoms with E-state index in [2.05, 4.69) is 17.2 Å². The zero-order chi connectivity index (χ0) is 13.9. The average molecular weight is 276 g/mol. The van der Waals surface area contributed by atoms with Crippen LogP contribution in [0.1, 0.15) is 35.3 Å². The molecule has 2 rings (SSSR count). The first-order valence-corrected chi connectivity index (χ1v) is 7.24. The Kier molecular flexibility index (Phi) is 4.34. The lowest BCUT2D eigenvalue weighted by molar-refractivity contribution is 0.0544. The number of aromatic nitrogens is 1. The summed E-state index contributed by atoms with van der Waals surface area (Å²) < 4.78 is 0. The summed E-state index contributed by atoms with van der Waals surface area (Å²) in [5, 5.41) is 15.0. The van der Waals surface area contributed by atoms with Gasteiger partial charge in [0.15, 0.2) is 0 Å². The van der Waals surface area contributed by atoms with Gasteiger partial charge in [-0.25, -0.2) is 4.98 Å². The summed E-state index contributed by atoms with van der Waals surface area (Å²) in [5.41, 5.74) is 0.0603. The number of rotatable bonds is 5. The van der Waals surface area contributed by atoms with Crippen LogP contribution in [-0.2, 0) is 5.60 Å². The van der Waals surface area contributed by atoms with E-state index >= 15 is 0 Å². The number of nitrogens with zero attached hydrogens (tertiary/aromatic N) is 1. The van der Waals surface area contributed by atoms with Gasteiger partial charge < -0.3 is 10.4 Å². The zero-order valence-electron chi connectivity index (χ0n) is 11.6. The Balaban J connectivity index is 1.98. The highest BCUT2D eigenvalue weighted by atomic mass is 32.1. The van der Waals surface area contributed by atoms with E-state index < -0.39 is 5.60 Å². The van der Waals surface area contributed by atoms with E-state index in [0.29, 0.717) is 6.54 Å². The number of nitrogens with one attached hydrogen (secondary N) is 1. The third-order valence-corrected chi connectivity index (χ3v) is 4.31. The highest BCUT2D eigenvalue weighted by Crippen LogP contribution is 2.23. The van der Waals surface area contributed by atoms with E-state index in [1.54, 1.807) is 11.3 Å². The molecule has 19 heavy (non-hydrogen) atoms. The molecule has 0 saturated heterocycles. The van der Waals surface area contributed by atoms with Gasteiger partial charge in [0.2, 0.25) is 0 Å². The van der Waals surface area contributed by atoms with E-state index in [9.17, 15) is 5.11 Å². The molecule has 1 aromatic heterocycles. The topological polar surface area (TPSA) is 45.2 Å². The fourth-order valence-electron chi connectivity index (χ4n) is 1.93. The molecule has 2 atom stereocenters. The first kappa shape index (κ1) is 14.2. The van der Waals surface area contributed by atoms with Crippen LogP contribution in [0.3, 0.4) is 0 Å². The third kappa shape index (κ3) is 3.62. The Labute approximate surface area is 118 Å². The van der Waals surface area contributed by atoms with Crippen molar-refractivity contribution >= 4 is 11.3 Å². The van der Waals surface area contributed by atoms with E-state index in [1.165, 1.54) is 4.88 Å². The predicted molar refractivity (Wildman–Crippen MR) is 79.3 cm³/mol. The van der Waals surface area contributed by atoms with Crippen LogP contribution in [0.5, 0.6) is 0 Å². The summed E-state index contributed by atoms with van der Waals surface area (Å²) >= 11 is 1.69. The normalized spacial score (nSPS) is 16.0. The van der Waals surface area contributed by atoms with Gasteiger partial charge in [0.05, 0.1) is 10.6 Å². The molecular formula is C15H20N2OS. The van der Waals surface area contributed by atoms with Gasteiger partial charge in [0.25, 0.3) is 0 Å². The number of hydrogen-bond acceptors (Lipinski definition) is 4. The number of aliphatic hydroxyl groups is 1. The van der Waals surface area contributed by atoms with Crippen LogP contribution >= 0.6 is 11.3 Å². The molecule has 1 aromatic carbocycles. The molecular weight excluding hydrogens is 256 g/mol. The molecule has 0 fully saturated rings. The molecule has 2 unspecified atom stereocenters. The van der Waals surface area contributed by atoms with Crippen LogP contribution in [0.4, 0.5) is 0 Å². The summed E-state index contributed by atoms with van der Waals surface area (Å²) in [4.78, 5) is 5.45. The number of aryl methyl sites for hydroxylation is 1. The molecule has 3 nitrogen and oxygen atoms in total. The maximum Gasteiger partial charge on any atom is 0.0992 e. The molecule has 1 heterocycles. The van der Waals surface area contributed by atoms with Crippen LogP contribution < -0.4 is 5.32 Å². The molecule has 0 amide bonds. The van der Waals surface area contributed by atoms with Gasteiger partial charge in [-0.2, -0.15) is 0 Å². The van der Waals surface area contributed by atoms with Crippen molar-refractivity contribution in [3.8, 4) is 0 Å². The van der Waals surface area contributed by atoms with Crippen LogP contribution in [0, 0.1) is 6.92 Å². The molecule has 4 heteroatoms. The van der Waals surface area contributed by atoms with Crippen molar-refractivity contribution in [2.75, 3.05) is 6.54 Å². The average Bonchev–Trinajstić information content (AvgIpc) is 2.84. The molecule has 0 aliphatic carbocycles. The predicted octanol–water partition coefficient (Wildman–Crippen LogP) is 3.01. The maximum absolute atomic E-state index is 10.5. The Morgan fingerprint density at radius 2 is 2.05 bits per heavy atom. The highest BCUT2D eigenvalue weighted by molar-refractivity contribution is 7.11. The lowest BCUT2D eigenvalue weighted by atomic mass is 9.96. The van der Waals surface area contributed by atoms with Gasteiger partial charge in [-0.15, -0.1) is 11.3 Å². The van der Waals surface area contributed by atoms with Crippen LogP contribution in [0.2, 0.25) is 0 Å². The van der Waals surface area contributed by atoms with Gasteiger partial charge in [0, 0.05) is 23.7 Å². The molecule has 0 spiro atoms. The van der Waals surface area contributed by atoms with E-state index in [4.69, 9.17) is 0 Å². The largest absolute Gasteiger partial charge is 0.384 e. The van der Waals surface area contributed by atoms with Crippen molar-refractivity contribution in [2.24, 2.45) is 0 Å². The number of thiazole rings is 1. The van der Waals surface area contributed by atoms with E-state index in [1.807, 2.05) is 50.4 Å². The van der Waals surface area contributed by atoms with Gasteiger partial charge >= 0.3 is 0 Å². The molecule has 102 valence electrons. The molecule has 0 bridgehead atoms. The van der Waals surface area contributed by atoms with Gasteiger partial charge in [-0.1, -0.05) is 30.3 Å². The minimum atomic E-state index is -0.866. The minimum Gasteiger partial charge on any atom is -0.384 e. The first-order chi connectivity index (χ1) is 8.99. The zero-order valence-corrected chi connectivity index (χ0v) is 12.4. The lowest BCUT2D eigenvalue weighted by Gasteiger charge is -2.26. The quantitative estimate of drug-likeness (QED) is 0.882. The monoisotopic (exact) mass is 276 g/mol. The third-order valence-electron chi connectivity index (χ3n) is 3.21. The molecule has 0 saturated carbocycles. The van der Waals surface area contributed by atoms with E-state index in [-0.39, 0.29) is 6.04 Å². The number of hydrogen-bond donors (Lipinski definition) is 2. The highest BCUT2D eigenvalue weighted by Gasteiger charge is 2.23. The summed E-state index contributed by atoms with van der Waals surface area (Å²) in [5.74, 6) is 0. The first-order valence-electron chi connectivity index (χ1n) is 6.42. The van der Waals surface area contributed by atoms with E-state index in [0.717, 1.165) is 10.6 Å². The fraction of sp³-hybridized carbons (Fsp3) is 0.400. The Bertz CT molecular complexity index is 522. The molecule has 2 N–H and O–H groups in total. The van der Waals surface area contributed by atoms with Gasteiger partial charge in [-0.05, 0) is 26.3 Å². The second kappa shape index (κ2) is 5.82. The van der Waals surface area contributed by atoms with Crippen molar-refractivity contribution in [2.45, 2.75) is 32.4 Å². The van der Waals surface area contributed by atoms with Crippen molar-refractivity contribution in [3.05, 3.63) is 52.0 Å². The van der Waals surface area contributed by atoms with Crippen LogP contribution in [-0.4, -0.2) is 16.6 Å². The van der Waals surface area contributed by atoms with Crippen molar-refractivity contribution in [1.29, 1.82) is 0 Å². The smallest absolute Gasteiger partial charge is 0.0992 e. The van der Waals surface area contributed by atoms with Crippen LogP contribution in [0.15, 0.2) is 36.5 Å². The second-order valence-electron chi connectivity index (χ2n) is 5.02. The van der Waals surface area contributed by atoms with Crippen molar-refractivity contribution in [1.82, 2.24) is 10.3 Å². The fourth-order valence-corrected chi connectivity index (χ4v) is 2.74. The van der Waals surface area contributed by atoms with Crippen molar-refractivity contribution < 1.29 is 5.11 Å². The Hall–Kier alpha value is -1.23. The lowest BCUT2D eigenvalue weighted by Crippen LogP contribution is -2.36. The summed E-state index contributed by atoms with van der Waals surface area (Å²) in [6, 6.07) is 9.93. The summed E-state index contributed by atoms with van der Waals surface area (Å²) in [6.45, 7) is 6.43. The molecule has 0 aliphatic heterocycles.